The van der Waals surface area contributed by atoms with Gasteiger partial charge in [-0.2, -0.15) is 0 Å². The summed E-state index contributed by atoms with van der Waals surface area (Å²) in [6.45, 7) is 3.24. The summed E-state index contributed by atoms with van der Waals surface area (Å²) >= 11 is 0. The number of para-hydroxylation sites is 1. The minimum Gasteiger partial charge on any atom is -0.392 e. The van der Waals surface area contributed by atoms with Crippen LogP contribution in [0.5, 0.6) is 0 Å². The monoisotopic (exact) mass is 249 g/mol. The van der Waals surface area contributed by atoms with Gasteiger partial charge in [0, 0.05) is 30.4 Å². The highest BCUT2D eigenvalue weighted by Crippen LogP contribution is 2.24. The highest BCUT2D eigenvalue weighted by atomic mass is 16.5. The van der Waals surface area contributed by atoms with E-state index < -0.39 is 0 Å². The van der Waals surface area contributed by atoms with Crippen molar-refractivity contribution < 1.29 is 14.6 Å². The SMILES string of the molecule is CC1COCCC1C(=O)Nc1ccccc1CO. The van der Waals surface area contributed by atoms with Gasteiger partial charge in [-0.25, -0.2) is 0 Å². The molecule has 98 valence electrons. The molecule has 1 fully saturated rings. The molecule has 4 heteroatoms. The molecule has 0 radical (unpaired) electrons. The van der Waals surface area contributed by atoms with Gasteiger partial charge in [-0.3, -0.25) is 4.79 Å². The van der Waals surface area contributed by atoms with Crippen LogP contribution in [0.2, 0.25) is 0 Å². The van der Waals surface area contributed by atoms with Gasteiger partial charge in [0.1, 0.15) is 0 Å². The molecule has 2 N–H and O–H groups in total. The second kappa shape index (κ2) is 5.98. The standard InChI is InChI=1S/C14H19NO3/c1-10-9-18-7-6-12(10)14(17)15-13-5-3-2-4-11(13)8-16/h2-5,10,12,16H,6-9H2,1H3,(H,15,17). The molecule has 0 saturated carbocycles. The number of anilines is 1. The highest BCUT2D eigenvalue weighted by Gasteiger charge is 2.28. The molecule has 0 aliphatic carbocycles. The Labute approximate surface area is 107 Å². The Morgan fingerprint density at radius 1 is 1.50 bits per heavy atom. The molecule has 2 rings (SSSR count). The number of aliphatic hydroxyl groups is 1. The quantitative estimate of drug-likeness (QED) is 0.858. The van der Waals surface area contributed by atoms with Crippen LogP contribution in [-0.4, -0.2) is 24.2 Å². The van der Waals surface area contributed by atoms with Gasteiger partial charge in [0.25, 0.3) is 0 Å². The second-order valence-corrected chi connectivity index (χ2v) is 4.75. The van der Waals surface area contributed by atoms with Gasteiger partial charge in [-0.15, -0.1) is 0 Å². The molecule has 1 aliphatic rings. The van der Waals surface area contributed by atoms with Crippen LogP contribution in [-0.2, 0) is 16.1 Å². The van der Waals surface area contributed by atoms with Gasteiger partial charge in [0.2, 0.25) is 5.91 Å². The first-order chi connectivity index (χ1) is 8.72. The van der Waals surface area contributed by atoms with E-state index in [2.05, 4.69) is 5.32 Å². The third kappa shape index (κ3) is 2.89. The van der Waals surface area contributed by atoms with E-state index in [0.717, 1.165) is 12.0 Å². The van der Waals surface area contributed by atoms with E-state index in [1.54, 1.807) is 0 Å². The van der Waals surface area contributed by atoms with E-state index >= 15 is 0 Å². The van der Waals surface area contributed by atoms with E-state index in [-0.39, 0.29) is 24.3 Å². The average Bonchev–Trinajstić information content (AvgIpc) is 2.39. The number of benzene rings is 1. The third-order valence-corrected chi connectivity index (χ3v) is 3.42. The number of rotatable bonds is 3. The fourth-order valence-corrected chi connectivity index (χ4v) is 2.28. The number of aliphatic hydroxyl groups excluding tert-OH is 1. The lowest BCUT2D eigenvalue weighted by atomic mass is 9.89. The average molecular weight is 249 g/mol. The molecular formula is C14H19NO3. The summed E-state index contributed by atoms with van der Waals surface area (Å²) in [7, 11) is 0. The number of ether oxygens (including phenoxy) is 1. The fourth-order valence-electron chi connectivity index (χ4n) is 2.28. The summed E-state index contributed by atoms with van der Waals surface area (Å²) in [5, 5.41) is 12.1. The van der Waals surface area contributed by atoms with Crippen molar-refractivity contribution in [2.75, 3.05) is 18.5 Å². The maximum atomic E-state index is 12.2. The summed E-state index contributed by atoms with van der Waals surface area (Å²) in [6, 6.07) is 7.32. The van der Waals surface area contributed by atoms with Crippen LogP contribution < -0.4 is 5.32 Å². The smallest absolute Gasteiger partial charge is 0.227 e. The molecule has 1 heterocycles. The van der Waals surface area contributed by atoms with Crippen molar-refractivity contribution >= 4 is 11.6 Å². The van der Waals surface area contributed by atoms with Gasteiger partial charge in [-0.05, 0) is 18.4 Å². The first-order valence-electron chi connectivity index (χ1n) is 6.29. The maximum Gasteiger partial charge on any atom is 0.227 e. The second-order valence-electron chi connectivity index (χ2n) is 4.75. The van der Waals surface area contributed by atoms with Crippen LogP contribution >= 0.6 is 0 Å². The Morgan fingerprint density at radius 3 is 3.00 bits per heavy atom. The molecule has 0 bridgehead atoms. The van der Waals surface area contributed by atoms with Crippen molar-refractivity contribution in [3.05, 3.63) is 29.8 Å². The zero-order chi connectivity index (χ0) is 13.0. The first kappa shape index (κ1) is 13.1. The van der Waals surface area contributed by atoms with Crippen molar-refractivity contribution in [2.24, 2.45) is 11.8 Å². The van der Waals surface area contributed by atoms with Crippen LogP contribution in [0, 0.1) is 11.8 Å². The molecule has 1 aromatic carbocycles. The first-order valence-corrected chi connectivity index (χ1v) is 6.29. The Morgan fingerprint density at radius 2 is 2.28 bits per heavy atom. The molecule has 4 nitrogen and oxygen atoms in total. The van der Waals surface area contributed by atoms with E-state index in [1.165, 1.54) is 0 Å². The summed E-state index contributed by atoms with van der Waals surface area (Å²) < 4.78 is 5.34. The van der Waals surface area contributed by atoms with Crippen LogP contribution in [0.15, 0.2) is 24.3 Å². The molecule has 1 saturated heterocycles. The normalized spacial score (nSPS) is 23.7. The maximum absolute atomic E-state index is 12.2. The Balaban J connectivity index is 2.06. The number of nitrogens with one attached hydrogen (secondary N) is 1. The molecule has 1 amide bonds. The highest BCUT2D eigenvalue weighted by molar-refractivity contribution is 5.93. The topological polar surface area (TPSA) is 58.6 Å². The number of amides is 1. The largest absolute Gasteiger partial charge is 0.392 e. The van der Waals surface area contributed by atoms with E-state index in [1.807, 2.05) is 31.2 Å². The summed E-state index contributed by atoms with van der Waals surface area (Å²) in [5.41, 5.74) is 1.44. The Hall–Kier alpha value is -1.39. The van der Waals surface area contributed by atoms with E-state index in [4.69, 9.17) is 4.74 Å². The molecule has 2 atom stereocenters. The molecule has 0 aromatic heterocycles. The van der Waals surface area contributed by atoms with Crippen molar-refractivity contribution in [3.63, 3.8) is 0 Å². The Kier molecular flexibility index (Phi) is 4.33. The number of hydrogen-bond donors (Lipinski definition) is 2. The van der Waals surface area contributed by atoms with Crippen LogP contribution in [0.4, 0.5) is 5.69 Å². The van der Waals surface area contributed by atoms with Gasteiger partial charge < -0.3 is 15.2 Å². The van der Waals surface area contributed by atoms with E-state index in [0.29, 0.717) is 18.9 Å². The number of carbonyl (C=O) groups is 1. The molecule has 1 aliphatic heterocycles. The van der Waals surface area contributed by atoms with Crippen LogP contribution in [0.25, 0.3) is 0 Å². The summed E-state index contributed by atoms with van der Waals surface area (Å²) in [6.07, 6.45) is 0.758. The van der Waals surface area contributed by atoms with Gasteiger partial charge in [0.15, 0.2) is 0 Å². The zero-order valence-corrected chi connectivity index (χ0v) is 10.6. The minimum atomic E-state index is -0.0697. The lowest BCUT2D eigenvalue weighted by Gasteiger charge is -2.28. The molecular weight excluding hydrogens is 230 g/mol. The molecule has 0 spiro atoms. The van der Waals surface area contributed by atoms with Gasteiger partial charge in [-0.1, -0.05) is 25.1 Å². The molecule has 18 heavy (non-hydrogen) atoms. The van der Waals surface area contributed by atoms with Crippen LogP contribution in [0.1, 0.15) is 18.9 Å². The minimum absolute atomic E-state index is 0.00880. The number of hydrogen-bond acceptors (Lipinski definition) is 3. The predicted octanol–water partition coefficient (Wildman–Crippen LogP) is 1.79. The predicted molar refractivity (Wildman–Crippen MR) is 69.1 cm³/mol. The summed E-state index contributed by atoms with van der Waals surface area (Å²) in [5.74, 6) is 0.247. The number of carbonyl (C=O) groups excluding carboxylic acids is 1. The molecule has 2 unspecified atom stereocenters. The third-order valence-electron chi connectivity index (χ3n) is 3.42. The summed E-state index contributed by atoms with van der Waals surface area (Å²) in [4.78, 5) is 12.2. The van der Waals surface area contributed by atoms with Gasteiger partial charge in [0.05, 0.1) is 6.61 Å². The van der Waals surface area contributed by atoms with Crippen molar-refractivity contribution in [1.29, 1.82) is 0 Å². The van der Waals surface area contributed by atoms with E-state index in [9.17, 15) is 9.90 Å². The van der Waals surface area contributed by atoms with Crippen molar-refractivity contribution in [3.8, 4) is 0 Å². The molecule has 1 aromatic rings. The van der Waals surface area contributed by atoms with Crippen molar-refractivity contribution in [2.45, 2.75) is 20.0 Å². The lowest BCUT2D eigenvalue weighted by Crippen LogP contribution is -2.35. The van der Waals surface area contributed by atoms with Gasteiger partial charge >= 0.3 is 0 Å². The van der Waals surface area contributed by atoms with Crippen molar-refractivity contribution in [1.82, 2.24) is 0 Å². The Bertz CT molecular complexity index is 419. The zero-order valence-electron chi connectivity index (χ0n) is 10.6. The van der Waals surface area contributed by atoms with Crippen LogP contribution in [0.3, 0.4) is 0 Å². The lowest BCUT2D eigenvalue weighted by molar-refractivity contribution is -0.125. The fraction of sp³-hybridized carbons (Fsp3) is 0.500.